The fourth-order valence-electron chi connectivity index (χ4n) is 2.29. The number of hydrogen-bond acceptors (Lipinski definition) is 1. The van der Waals surface area contributed by atoms with Gasteiger partial charge in [0.15, 0.2) is 18.5 Å². The normalized spacial score (nSPS) is 17.4. The zero-order valence-corrected chi connectivity index (χ0v) is 11.5. The van der Waals surface area contributed by atoms with Crippen molar-refractivity contribution in [3.63, 3.8) is 0 Å². The van der Waals surface area contributed by atoms with E-state index >= 15 is 0 Å². The van der Waals surface area contributed by atoms with Gasteiger partial charge in [-0.1, -0.05) is 20.8 Å². The molecule has 2 N–H and O–H groups in total. The molecular weight excluding hydrogens is 196 g/mol. The molecule has 1 heterocycles. The van der Waals surface area contributed by atoms with E-state index in [0.29, 0.717) is 5.41 Å². The topological polar surface area (TPSA) is 29.0 Å². The van der Waals surface area contributed by atoms with Gasteiger partial charge in [0, 0.05) is 0 Å². The summed E-state index contributed by atoms with van der Waals surface area (Å²) in [5, 5.41) is 0. The summed E-state index contributed by atoms with van der Waals surface area (Å²) in [7, 11) is 0. The van der Waals surface area contributed by atoms with E-state index in [4.69, 9.17) is 5.73 Å². The molecule has 16 heavy (non-hydrogen) atoms. The lowest BCUT2D eigenvalue weighted by atomic mass is 9.63. The van der Waals surface area contributed by atoms with Gasteiger partial charge in [-0.15, -0.1) is 0 Å². The van der Waals surface area contributed by atoms with Crippen LogP contribution in [0.2, 0.25) is 0 Å². The van der Waals surface area contributed by atoms with Crippen molar-refractivity contribution in [3.8, 4) is 0 Å². The van der Waals surface area contributed by atoms with Crippen LogP contribution in [0.25, 0.3) is 0 Å². The summed E-state index contributed by atoms with van der Waals surface area (Å²) in [4.78, 5) is 0. The highest BCUT2D eigenvalue weighted by Crippen LogP contribution is 2.43. The molecular formula is C14H27N2+. The second kappa shape index (κ2) is 4.70. The number of nitrogens with two attached hydrogens (primary N) is 1. The molecule has 2 nitrogen and oxygen atoms in total. The van der Waals surface area contributed by atoms with E-state index in [1.807, 2.05) is 0 Å². The largest absolute Gasteiger partial charge is 0.325 e. The maximum absolute atomic E-state index is 5.67. The lowest BCUT2D eigenvalue weighted by Crippen LogP contribution is -2.42. The van der Waals surface area contributed by atoms with E-state index in [0.717, 1.165) is 19.5 Å². The summed E-state index contributed by atoms with van der Waals surface area (Å²) in [6.45, 7) is 13.4. The maximum Gasteiger partial charge on any atom is 0.167 e. The van der Waals surface area contributed by atoms with Crippen LogP contribution < -0.4 is 5.73 Å². The molecule has 0 unspecified atom stereocenters. The minimum absolute atomic E-state index is 0.223. The highest BCUT2D eigenvalue weighted by Gasteiger charge is 2.44. The van der Waals surface area contributed by atoms with E-state index in [2.05, 4.69) is 51.5 Å². The SMILES string of the molecule is CCC(C)(C)C(C)(C)C1=[N+](CCN)C=CC1. The van der Waals surface area contributed by atoms with E-state index < -0.39 is 0 Å². The molecule has 92 valence electrons. The second-order valence-electron chi connectivity index (χ2n) is 5.88. The second-order valence-corrected chi connectivity index (χ2v) is 5.88. The van der Waals surface area contributed by atoms with Crippen LogP contribution in [-0.4, -0.2) is 23.4 Å². The van der Waals surface area contributed by atoms with Gasteiger partial charge < -0.3 is 5.73 Å². The van der Waals surface area contributed by atoms with Crippen LogP contribution in [0, 0.1) is 10.8 Å². The Morgan fingerprint density at radius 1 is 1.31 bits per heavy atom. The van der Waals surface area contributed by atoms with E-state index in [-0.39, 0.29) is 5.41 Å². The smallest absolute Gasteiger partial charge is 0.167 e. The Kier molecular flexibility index (Phi) is 3.95. The minimum Gasteiger partial charge on any atom is -0.325 e. The van der Waals surface area contributed by atoms with Crippen LogP contribution in [0.1, 0.15) is 47.5 Å². The quantitative estimate of drug-likeness (QED) is 0.713. The first kappa shape index (κ1) is 13.4. The third-order valence-corrected chi connectivity index (χ3v) is 4.61. The standard InChI is InChI=1S/C14H27N2/c1-6-13(2,3)14(4,5)12-8-7-10-16(12)11-9-15/h7,10H,6,8-9,11,15H2,1-5H3/q+1. The van der Waals surface area contributed by atoms with Gasteiger partial charge in [0.2, 0.25) is 0 Å². The Bertz CT molecular complexity index is 309. The first-order valence-corrected chi connectivity index (χ1v) is 6.36. The Labute approximate surface area is 100 Å². The lowest BCUT2D eigenvalue weighted by molar-refractivity contribution is -0.456. The van der Waals surface area contributed by atoms with Crippen LogP contribution >= 0.6 is 0 Å². The fraction of sp³-hybridized carbons (Fsp3) is 0.786. The molecule has 0 atom stereocenters. The van der Waals surface area contributed by atoms with Gasteiger partial charge in [-0.2, -0.15) is 0 Å². The monoisotopic (exact) mass is 223 g/mol. The highest BCUT2D eigenvalue weighted by atomic mass is 15.0. The summed E-state index contributed by atoms with van der Waals surface area (Å²) < 4.78 is 2.34. The summed E-state index contributed by atoms with van der Waals surface area (Å²) in [6, 6.07) is 0. The number of allylic oxidation sites excluding steroid dienone is 1. The van der Waals surface area contributed by atoms with Crippen LogP contribution in [0.15, 0.2) is 12.3 Å². The Hall–Kier alpha value is -0.630. The van der Waals surface area contributed by atoms with Gasteiger partial charge in [0.25, 0.3) is 0 Å². The summed E-state index contributed by atoms with van der Waals surface area (Å²) >= 11 is 0. The molecule has 2 heteroatoms. The molecule has 0 aromatic rings. The summed E-state index contributed by atoms with van der Waals surface area (Å²) in [6.07, 6.45) is 6.71. The predicted octanol–water partition coefficient (Wildman–Crippen LogP) is 2.78. The third-order valence-electron chi connectivity index (χ3n) is 4.61. The molecule has 0 saturated carbocycles. The van der Waals surface area contributed by atoms with Crippen molar-refractivity contribution in [1.29, 1.82) is 0 Å². The Balaban J connectivity index is 3.04. The van der Waals surface area contributed by atoms with Crippen LogP contribution in [-0.2, 0) is 0 Å². The lowest BCUT2D eigenvalue weighted by Gasteiger charge is -2.39. The van der Waals surface area contributed by atoms with E-state index in [1.165, 1.54) is 12.1 Å². The first-order chi connectivity index (χ1) is 7.36. The van der Waals surface area contributed by atoms with Gasteiger partial charge in [-0.05, 0) is 31.8 Å². The Morgan fingerprint density at radius 3 is 2.44 bits per heavy atom. The van der Waals surface area contributed by atoms with Gasteiger partial charge in [-0.3, -0.25) is 0 Å². The van der Waals surface area contributed by atoms with Crippen molar-refractivity contribution in [3.05, 3.63) is 12.3 Å². The average Bonchev–Trinajstić information content (AvgIpc) is 2.67. The molecule has 1 aliphatic rings. The van der Waals surface area contributed by atoms with E-state index in [9.17, 15) is 0 Å². The van der Waals surface area contributed by atoms with Crippen LogP contribution in [0.5, 0.6) is 0 Å². The van der Waals surface area contributed by atoms with Crippen molar-refractivity contribution in [2.24, 2.45) is 16.6 Å². The molecule has 1 rings (SSSR count). The molecule has 0 saturated heterocycles. The minimum atomic E-state index is 0.223. The van der Waals surface area contributed by atoms with Gasteiger partial charge in [-0.25, -0.2) is 4.58 Å². The van der Waals surface area contributed by atoms with Crippen LogP contribution in [0.3, 0.4) is 0 Å². The molecule has 0 aliphatic carbocycles. The fourth-order valence-corrected chi connectivity index (χ4v) is 2.29. The maximum atomic E-state index is 5.67. The molecule has 0 amide bonds. The van der Waals surface area contributed by atoms with Crippen molar-refractivity contribution in [2.45, 2.75) is 47.5 Å². The number of rotatable bonds is 5. The van der Waals surface area contributed by atoms with Gasteiger partial charge in [0.1, 0.15) is 0 Å². The summed E-state index contributed by atoms with van der Waals surface area (Å²) in [5.41, 5.74) is 7.73. The predicted molar refractivity (Wildman–Crippen MR) is 70.8 cm³/mol. The van der Waals surface area contributed by atoms with E-state index in [1.54, 1.807) is 0 Å². The zero-order chi connectivity index (χ0) is 12.4. The molecule has 1 aliphatic heterocycles. The van der Waals surface area contributed by atoms with Crippen LogP contribution in [0.4, 0.5) is 0 Å². The number of nitrogens with zero attached hydrogens (tertiary/aromatic N) is 1. The van der Waals surface area contributed by atoms with Gasteiger partial charge in [0.05, 0.1) is 18.4 Å². The molecule has 0 fully saturated rings. The van der Waals surface area contributed by atoms with Crippen molar-refractivity contribution in [1.82, 2.24) is 0 Å². The molecule has 0 aromatic carbocycles. The molecule has 0 aromatic heterocycles. The Morgan fingerprint density at radius 2 is 1.94 bits per heavy atom. The van der Waals surface area contributed by atoms with Crippen molar-refractivity contribution < 1.29 is 4.58 Å². The molecule has 0 radical (unpaired) electrons. The average molecular weight is 223 g/mol. The number of hydrogen-bond donors (Lipinski definition) is 1. The first-order valence-electron chi connectivity index (χ1n) is 6.36. The summed E-state index contributed by atoms with van der Waals surface area (Å²) in [5.74, 6) is 0. The highest BCUT2D eigenvalue weighted by molar-refractivity contribution is 5.88. The van der Waals surface area contributed by atoms with Crippen molar-refractivity contribution >= 4 is 5.71 Å². The zero-order valence-electron chi connectivity index (χ0n) is 11.5. The molecule has 0 bridgehead atoms. The van der Waals surface area contributed by atoms with Crippen molar-refractivity contribution in [2.75, 3.05) is 13.1 Å². The van der Waals surface area contributed by atoms with Gasteiger partial charge >= 0.3 is 0 Å². The third kappa shape index (κ3) is 2.22. The molecule has 0 spiro atoms.